The summed E-state index contributed by atoms with van der Waals surface area (Å²) < 4.78 is 63.9. The molecule has 0 heterocycles. The Morgan fingerprint density at radius 1 is 0.765 bits per heavy atom. The molecule has 0 aliphatic rings. The molecule has 1 aromatic rings. The molecule has 0 saturated carbocycles. The van der Waals surface area contributed by atoms with Crippen molar-refractivity contribution in [3.8, 4) is 0 Å². The first-order chi connectivity index (χ1) is 6.68. The average Bonchev–Trinajstić information content (AvgIpc) is 2.09. The molecule has 1 rings (SSSR count). The molecule has 9 heteroatoms. The second kappa shape index (κ2) is 6.46. The van der Waals surface area contributed by atoms with Crippen LogP contribution in [0.4, 0.5) is 22.0 Å². The summed E-state index contributed by atoms with van der Waals surface area (Å²) in [6.45, 7) is 1.90. The van der Waals surface area contributed by atoms with E-state index in [9.17, 15) is 26.7 Å². The quantitative estimate of drug-likeness (QED) is 0.245. The SMILES string of the molecule is C[Si](C)([O-])c1c(F)c(F)c(F)c(F)c1F.[Br-].[Mg+2]. The summed E-state index contributed by atoms with van der Waals surface area (Å²) in [5.74, 6) is -10.4. The Morgan fingerprint density at radius 3 is 1.24 bits per heavy atom. The van der Waals surface area contributed by atoms with E-state index in [1.54, 1.807) is 0 Å². The Kier molecular flexibility index (Phi) is 7.46. The summed E-state index contributed by atoms with van der Waals surface area (Å²) in [5.41, 5.74) is 0. The first-order valence-corrected chi connectivity index (χ1v) is 6.81. The van der Waals surface area contributed by atoms with E-state index in [1.807, 2.05) is 0 Å². The van der Waals surface area contributed by atoms with Crippen LogP contribution in [0.1, 0.15) is 0 Å². The van der Waals surface area contributed by atoms with Gasteiger partial charge in [0.15, 0.2) is 23.3 Å². The van der Waals surface area contributed by atoms with Crippen molar-refractivity contribution in [3.63, 3.8) is 0 Å². The maximum absolute atomic E-state index is 13.0. The van der Waals surface area contributed by atoms with Gasteiger partial charge in [0.05, 0.1) is 0 Å². The number of halogens is 6. The molecule has 0 radical (unpaired) electrons. The van der Waals surface area contributed by atoms with Gasteiger partial charge in [0.1, 0.15) is 0 Å². The predicted molar refractivity (Wildman–Crippen MR) is 49.1 cm³/mol. The summed E-state index contributed by atoms with van der Waals surface area (Å²) in [6.07, 6.45) is 0. The third-order valence-electron chi connectivity index (χ3n) is 1.81. The minimum atomic E-state index is -3.85. The van der Waals surface area contributed by atoms with Crippen molar-refractivity contribution in [3.05, 3.63) is 29.1 Å². The third kappa shape index (κ3) is 3.63. The zero-order valence-electron chi connectivity index (χ0n) is 8.88. The van der Waals surface area contributed by atoms with Gasteiger partial charge < -0.3 is 21.8 Å². The fraction of sp³-hybridized carbons (Fsp3) is 0.250. The van der Waals surface area contributed by atoms with Crippen LogP contribution in [0.5, 0.6) is 0 Å². The molecule has 0 fully saturated rings. The predicted octanol–water partition coefficient (Wildman–Crippen LogP) is -2.22. The normalized spacial score (nSPS) is 10.6. The van der Waals surface area contributed by atoms with Crippen LogP contribution < -0.4 is 27.0 Å². The minimum absolute atomic E-state index is 0. The molecule has 0 amide bonds. The molecule has 0 saturated heterocycles. The molecule has 1 aromatic carbocycles. The van der Waals surface area contributed by atoms with E-state index in [-0.39, 0.29) is 40.0 Å². The van der Waals surface area contributed by atoms with Crippen LogP contribution in [0.15, 0.2) is 0 Å². The number of benzene rings is 1. The van der Waals surface area contributed by atoms with Crippen LogP contribution in [-0.4, -0.2) is 31.4 Å². The van der Waals surface area contributed by atoms with Crippen molar-refractivity contribution in [2.75, 3.05) is 0 Å². The monoisotopic (exact) mass is 344 g/mol. The van der Waals surface area contributed by atoms with Crippen LogP contribution in [0, 0.1) is 29.1 Å². The summed E-state index contributed by atoms with van der Waals surface area (Å²) in [7, 11) is -3.85. The van der Waals surface area contributed by atoms with Crippen molar-refractivity contribution >= 4 is 36.6 Å². The molecule has 17 heavy (non-hydrogen) atoms. The molecule has 0 aliphatic carbocycles. The molecule has 0 aliphatic heterocycles. The van der Waals surface area contributed by atoms with E-state index < -0.39 is 42.6 Å². The zero-order chi connectivity index (χ0) is 12.0. The molecule has 0 unspecified atom stereocenters. The van der Waals surface area contributed by atoms with E-state index in [2.05, 4.69) is 0 Å². The van der Waals surface area contributed by atoms with Crippen molar-refractivity contribution in [1.29, 1.82) is 0 Å². The average molecular weight is 345 g/mol. The van der Waals surface area contributed by atoms with Gasteiger partial charge in [-0.2, -0.15) is 0 Å². The van der Waals surface area contributed by atoms with Crippen LogP contribution >= 0.6 is 0 Å². The molecule has 92 valence electrons. The number of rotatable bonds is 1. The molecule has 0 aromatic heterocycles. The van der Waals surface area contributed by atoms with Crippen molar-refractivity contribution < 1.29 is 43.7 Å². The number of hydrogen-bond acceptors (Lipinski definition) is 1. The number of hydrogen-bond donors (Lipinski definition) is 0. The smallest absolute Gasteiger partial charge is 1.00 e. The van der Waals surface area contributed by atoms with Gasteiger partial charge in [-0.1, -0.05) is 13.1 Å². The first-order valence-electron chi connectivity index (χ1n) is 3.90. The van der Waals surface area contributed by atoms with E-state index in [1.165, 1.54) is 0 Å². The second-order valence-corrected chi connectivity index (χ2v) is 6.98. The summed E-state index contributed by atoms with van der Waals surface area (Å²) in [4.78, 5) is 11.4. The molecule has 0 bridgehead atoms. The first kappa shape index (κ1) is 19.6. The third-order valence-corrected chi connectivity index (χ3v) is 3.45. The van der Waals surface area contributed by atoms with E-state index in [0.29, 0.717) is 0 Å². The molecule has 0 atom stereocenters. The topological polar surface area (TPSA) is 23.1 Å². The maximum Gasteiger partial charge on any atom is 2.00 e. The van der Waals surface area contributed by atoms with Gasteiger partial charge >= 0.3 is 23.1 Å². The van der Waals surface area contributed by atoms with Gasteiger partial charge in [-0.3, -0.25) is 0 Å². The van der Waals surface area contributed by atoms with Crippen molar-refractivity contribution in [1.82, 2.24) is 0 Å². The Labute approximate surface area is 122 Å². The van der Waals surface area contributed by atoms with Gasteiger partial charge in [0, 0.05) is 0 Å². The van der Waals surface area contributed by atoms with Crippen LogP contribution in [-0.2, 0) is 0 Å². The zero-order valence-corrected chi connectivity index (χ0v) is 12.9. The molecule has 0 spiro atoms. The molecular weight excluding hydrogens is 339 g/mol. The minimum Gasteiger partial charge on any atom is -1.00 e. The van der Waals surface area contributed by atoms with Crippen molar-refractivity contribution in [2.24, 2.45) is 0 Å². The fourth-order valence-electron chi connectivity index (χ4n) is 1.13. The molecule has 0 N–H and O–H groups in total. The van der Waals surface area contributed by atoms with Gasteiger partial charge in [0.25, 0.3) is 0 Å². The Morgan fingerprint density at radius 2 is 1.00 bits per heavy atom. The molecular formula is C8H6BrF5MgOSi. The molecule has 1 nitrogen and oxygen atoms in total. The summed E-state index contributed by atoms with van der Waals surface area (Å²) >= 11 is 0. The van der Waals surface area contributed by atoms with Crippen LogP contribution in [0.3, 0.4) is 0 Å². The van der Waals surface area contributed by atoms with Crippen LogP contribution in [0.25, 0.3) is 0 Å². The van der Waals surface area contributed by atoms with E-state index in [4.69, 9.17) is 0 Å². The summed E-state index contributed by atoms with van der Waals surface area (Å²) in [6, 6.07) is 0. The van der Waals surface area contributed by atoms with Gasteiger partial charge in [-0.05, 0) is 13.5 Å². The van der Waals surface area contributed by atoms with E-state index >= 15 is 0 Å². The van der Waals surface area contributed by atoms with Gasteiger partial charge in [-0.25, -0.2) is 22.0 Å². The van der Waals surface area contributed by atoms with Gasteiger partial charge in [0.2, 0.25) is 5.82 Å². The Hall–Kier alpha value is 0.293. The van der Waals surface area contributed by atoms with Crippen molar-refractivity contribution in [2.45, 2.75) is 13.1 Å². The van der Waals surface area contributed by atoms with Gasteiger partial charge in [-0.15, -0.1) is 0 Å². The Balaban J connectivity index is 0. The van der Waals surface area contributed by atoms with Crippen LogP contribution in [0.2, 0.25) is 13.1 Å². The standard InChI is InChI=1S/C8H6F5OSi.BrH.Mg/c1-15(2,14)8-6(12)4(10)3(9)5(11)7(8)13;;/h1-2H3;1H;/q-1;;+2/p-1. The maximum atomic E-state index is 13.0. The second-order valence-electron chi connectivity index (χ2n) is 3.46. The Bertz CT molecular complexity index is 394. The fourth-order valence-corrected chi connectivity index (χ4v) is 2.41. The largest absolute Gasteiger partial charge is 2.00 e. The van der Waals surface area contributed by atoms with E-state index in [0.717, 1.165) is 13.1 Å². The summed E-state index contributed by atoms with van der Waals surface area (Å²) in [5, 5.41) is -1.21.